The van der Waals surface area contributed by atoms with E-state index in [1.165, 1.54) is 0 Å². The van der Waals surface area contributed by atoms with Crippen LogP contribution in [-0.2, 0) is 9.59 Å². The number of likely N-dealkylation sites (tertiary alicyclic amines) is 1. The zero-order valence-corrected chi connectivity index (χ0v) is 10.9. The topological polar surface area (TPSA) is 61.4 Å². The van der Waals surface area contributed by atoms with Crippen molar-refractivity contribution in [2.24, 2.45) is 5.92 Å². The Bertz CT molecular complexity index is 273. The van der Waals surface area contributed by atoms with Crippen LogP contribution < -0.4 is 10.6 Å². The van der Waals surface area contributed by atoms with E-state index in [9.17, 15) is 9.59 Å². The molecule has 0 aromatic heterocycles. The highest BCUT2D eigenvalue weighted by Gasteiger charge is 2.19. The SMILES string of the molecule is CN1CCC(CNC(=O)CCNC(=O)CCl)C1. The third-order valence-electron chi connectivity index (χ3n) is 2.87. The van der Waals surface area contributed by atoms with Gasteiger partial charge in [-0.3, -0.25) is 9.59 Å². The van der Waals surface area contributed by atoms with Crippen LogP contribution in [0.4, 0.5) is 0 Å². The van der Waals surface area contributed by atoms with Gasteiger partial charge in [0.15, 0.2) is 0 Å². The van der Waals surface area contributed by atoms with Gasteiger partial charge in [0.05, 0.1) is 0 Å². The van der Waals surface area contributed by atoms with Crippen molar-refractivity contribution >= 4 is 23.4 Å². The van der Waals surface area contributed by atoms with Gasteiger partial charge in [-0.2, -0.15) is 0 Å². The van der Waals surface area contributed by atoms with Crippen LogP contribution in [0.3, 0.4) is 0 Å². The molecule has 1 unspecified atom stereocenters. The van der Waals surface area contributed by atoms with Gasteiger partial charge in [0, 0.05) is 26.1 Å². The van der Waals surface area contributed by atoms with Crippen molar-refractivity contribution in [3.63, 3.8) is 0 Å². The first-order chi connectivity index (χ1) is 8.11. The third kappa shape index (κ3) is 5.89. The number of hydrogen-bond donors (Lipinski definition) is 2. The van der Waals surface area contributed by atoms with E-state index in [0.717, 1.165) is 26.1 Å². The van der Waals surface area contributed by atoms with Crippen LogP contribution in [0.5, 0.6) is 0 Å². The Morgan fingerprint density at radius 1 is 1.35 bits per heavy atom. The fourth-order valence-electron chi connectivity index (χ4n) is 1.90. The number of nitrogens with zero attached hydrogens (tertiary/aromatic N) is 1. The predicted octanol–water partition coefficient (Wildman–Crippen LogP) is -0.201. The maximum atomic E-state index is 11.4. The van der Waals surface area contributed by atoms with Crippen molar-refractivity contribution < 1.29 is 9.59 Å². The van der Waals surface area contributed by atoms with E-state index in [1.807, 2.05) is 0 Å². The molecule has 1 atom stereocenters. The molecule has 0 aromatic rings. The molecule has 5 nitrogen and oxygen atoms in total. The summed E-state index contributed by atoms with van der Waals surface area (Å²) in [6.07, 6.45) is 1.45. The van der Waals surface area contributed by atoms with Crippen LogP contribution >= 0.6 is 11.6 Å². The standard InChI is InChI=1S/C11H20ClN3O2/c1-15-5-3-9(8-15)7-14-10(16)2-4-13-11(17)6-12/h9H,2-8H2,1H3,(H,13,17)(H,14,16). The first-order valence-corrected chi connectivity index (χ1v) is 6.43. The number of rotatable bonds is 6. The van der Waals surface area contributed by atoms with Crippen molar-refractivity contribution in [2.75, 3.05) is 39.1 Å². The molecule has 2 N–H and O–H groups in total. The summed E-state index contributed by atoms with van der Waals surface area (Å²) in [5.41, 5.74) is 0. The maximum absolute atomic E-state index is 11.4. The normalized spacial score (nSPS) is 20.2. The van der Waals surface area contributed by atoms with Gasteiger partial charge in [0.25, 0.3) is 0 Å². The van der Waals surface area contributed by atoms with Gasteiger partial charge in [-0.15, -0.1) is 11.6 Å². The van der Waals surface area contributed by atoms with Gasteiger partial charge in [-0.1, -0.05) is 0 Å². The molecule has 0 radical (unpaired) electrons. The minimum atomic E-state index is -0.239. The molecular formula is C11H20ClN3O2. The first-order valence-electron chi connectivity index (χ1n) is 5.89. The zero-order chi connectivity index (χ0) is 12.7. The summed E-state index contributed by atoms with van der Waals surface area (Å²) in [6, 6.07) is 0. The van der Waals surface area contributed by atoms with Crippen LogP contribution in [0.2, 0.25) is 0 Å². The highest BCUT2D eigenvalue weighted by Crippen LogP contribution is 2.12. The average molecular weight is 262 g/mol. The Balaban J connectivity index is 2.03. The molecule has 1 saturated heterocycles. The Labute approximate surface area is 107 Å². The monoisotopic (exact) mass is 261 g/mol. The lowest BCUT2D eigenvalue weighted by Gasteiger charge is -2.11. The molecule has 6 heteroatoms. The van der Waals surface area contributed by atoms with Gasteiger partial charge in [-0.05, 0) is 25.9 Å². The summed E-state index contributed by atoms with van der Waals surface area (Å²) in [7, 11) is 2.09. The molecule has 0 spiro atoms. The lowest BCUT2D eigenvalue weighted by molar-refractivity contribution is -0.121. The Kier molecular flexibility index (Phi) is 6.29. The Morgan fingerprint density at radius 3 is 2.71 bits per heavy atom. The first kappa shape index (κ1) is 14.3. The van der Waals surface area contributed by atoms with Crippen LogP contribution in [0, 0.1) is 5.92 Å². The van der Waals surface area contributed by atoms with E-state index in [0.29, 0.717) is 18.9 Å². The molecule has 1 fully saturated rings. The van der Waals surface area contributed by atoms with Gasteiger partial charge in [-0.25, -0.2) is 0 Å². The fraction of sp³-hybridized carbons (Fsp3) is 0.818. The molecule has 0 aromatic carbocycles. The smallest absolute Gasteiger partial charge is 0.234 e. The van der Waals surface area contributed by atoms with Crippen LogP contribution in [0.15, 0.2) is 0 Å². The summed E-state index contributed by atoms with van der Waals surface area (Å²) in [4.78, 5) is 24.5. The van der Waals surface area contributed by atoms with Crippen LogP contribution in [0.25, 0.3) is 0 Å². The molecule has 0 aliphatic carbocycles. The second kappa shape index (κ2) is 7.50. The minimum Gasteiger partial charge on any atom is -0.356 e. The number of amides is 2. The second-order valence-electron chi connectivity index (χ2n) is 4.45. The minimum absolute atomic E-state index is 0.0191. The van der Waals surface area contributed by atoms with Crippen LogP contribution in [0.1, 0.15) is 12.8 Å². The quantitative estimate of drug-likeness (QED) is 0.651. The third-order valence-corrected chi connectivity index (χ3v) is 3.12. The van der Waals surface area contributed by atoms with E-state index in [4.69, 9.17) is 11.6 Å². The van der Waals surface area contributed by atoms with Crippen molar-refractivity contribution in [3.8, 4) is 0 Å². The number of halogens is 1. The maximum Gasteiger partial charge on any atom is 0.234 e. The number of carbonyl (C=O) groups is 2. The predicted molar refractivity (Wildman–Crippen MR) is 67.0 cm³/mol. The largest absolute Gasteiger partial charge is 0.356 e. The molecular weight excluding hydrogens is 242 g/mol. The molecule has 1 aliphatic heterocycles. The Hall–Kier alpha value is -0.810. The molecule has 2 amide bonds. The van der Waals surface area contributed by atoms with E-state index in [1.54, 1.807) is 0 Å². The lowest BCUT2D eigenvalue weighted by Crippen LogP contribution is -2.34. The van der Waals surface area contributed by atoms with Gasteiger partial charge < -0.3 is 15.5 Å². The van der Waals surface area contributed by atoms with Crippen molar-refractivity contribution in [1.82, 2.24) is 15.5 Å². The molecule has 17 heavy (non-hydrogen) atoms. The van der Waals surface area contributed by atoms with Crippen LogP contribution in [-0.4, -0.2) is 55.8 Å². The summed E-state index contributed by atoms with van der Waals surface area (Å²) in [6.45, 7) is 3.23. The van der Waals surface area contributed by atoms with E-state index in [-0.39, 0.29) is 17.7 Å². The van der Waals surface area contributed by atoms with Gasteiger partial charge >= 0.3 is 0 Å². The Morgan fingerprint density at radius 2 is 2.12 bits per heavy atom. The highest BCUT2D eigenvalue weighted by molar-refractivity contribution is 6.27. The zero-order valence-electron chi connectivity index (χ0n) is 10.2. The number of alkyl halides is 1. The van der Waals surface area contributed by atoms with Gasteiger partial charge in [0.2, 0.25) is 11.8 Å². The van der Waals surface area contributed by atoms with Crippen molar-refractivity contribution in [3.05, 3.63) is 0 Å². The van der Waals surface area contributed by atoms with E-state index in [2.05, 4.69) is 22.6 Å². The van der Waals surface area contributed by atoms with Crippen molar-refractivity contribution in [1.29, 1.82) is 0 Å². The van der Waals surface area contributed by atoms with Gasteiger partial charge in [0.1, 0.15) is 5.88 Å². The lowest BCUT2D eigenvalue weighted by atomic mass is 10.1. The summed E-state index contributed by atoms with van der Waals surface area (Å²) in [5.74, 6) is 0.239. The second-order valence-corrected chi connectivity index (χ2v) is 4.72. The molecule has 98 valence electrons. The number of nitrogens with one attached hydrogen (secondary N) is 2. The molecule has 0 bridgehead atoms. The molecule has 1 heterocycles. The molecule has 1 rings (SSSR count). The van der Waals surface area contributed by atoms with Crippen molar-refractivity contribution in [2.45, 2.75) is 12.8 Å². The fourth-order valence-corrected chi connectivity index (χ4v) is 2.00. The van der Waals surface area contributed by atoms with E-state index < -0.39 is 0 Å². The summed E-state index contributed by atoms with van der Waals surface area (Å²) in [5, 5.41) is 5.45. The van der Waals surface area contributed by atoms with E-state index >= 15 is 0 Å². The number of carbonyl (C=O) groups excluding carboxylic acids is 2. The summed E-state index contributed by atoms with van der Waals surface area (Å²) >= 11 is 5.31. The highest BCUT2D eigenvalue weighted by atomic mass is 35.5. The molecule has 1 aliphatic rings. The summed E-state index contributed by atoms with van der Waals surface area (Å²) < 4.78 is 0. The molecule has 0 saturated carbocycles. The number of hydrogen-bond acceptors (Lipinski definition) is 3. The average Bonchev–Trinajstić information content (AvgIpc) is 2.72.